The molecule has 2 amide bonds. The fourth-order valence-electron chi connectivity index (χ4n) is 1.45. The molecule has 0 spiro atoms. The van der Waals surface area contributed by atoms with Crippen molar-refractivity contribution in [1.82, 2.24) is 10.6 Å². The summed E-state index contributed by atoms with van der Waals surface area (Å²) < 4.78 is 10.3. The molecular formula is C11H11ClN2O4. The monoisotopic (exact) mass is 270 g/mol. The third kappa shape index (κ3) is 2.48. The Bertz CT molecular complexity index is 504. The lowest BCUT2D eigenvalue weighted by atomic mass is 10.2. The average Bonchev–Trinajstić information content (AvgIpc) is 2.84. The molecular weight excluding hydrogens is 260 g/mol. The van der Waals surface area contributed by atoms with Crippen LogP contribution < -0.4 is 20.1 Å². The highest BCUT2D eigenvalue weighted by molar-refractivity contribution is 6.32. The molecule has 1 aromatic rings. The smallest absolute Gasteiger partial charge is 0.251 e. The van der Waals surface area contributed by atoms with Crippen molar-refractivity contribution in [2.24, 2.45) is 0 Å². The van der Waals surface area contributed by atoms with Gasteiger partial charge in [-0.2, -0.15) is 0 Å². The van der Waals surface area contributed by atoms with Crippen molar-refractivity contribution in [2.75, 3.05) is 20.4 Å². The summed E-state index contributed by atoms with van der Waals surface area (Å²) in [6.07, 6.45) is 0. The van der Waals surface area contributed by atoms with E-state index in [9.17, 15) is 9.59 Å². The molecule has 0 aromatic heterocycles. The van der Waals surface area contributed by atoms with Gasteiger partial charge in [0.2, 0.25) is 12.7 Å². The quantitative estimate of drug-likeness (QED) is 0.841. The van der Waals surface area contributed by atoms with Gasteiger partial charge in [-0.1, -0.05) is 11.6 Å². The zero-order valence-corrected chi connectivity index (χ0v) is 10.3. The minimum atomic E-state index is -0.404. The summed E-state index contributed by atoms with van der Waals surface area (Å²) >= 11 is 5.94. The second kappa shape index (κ2) is 5.14. The maximum atomic E-state index is 11.8. The van der Waals surface area contributed by atoms with Gasteiger partial charge in [0.1, 0.15) is 0 Å². The van der Waals surface area contributed by atoms with Crippen LogP contribution in [0.2, 0.25) is 5.02 Å². The van der Waals surface area contributed by atoms with Gasteiger partial charge in [-0.15, -0.1) is 0 Å². The van der Waals surface area contributed by atoms with Gasteiger partial charge >= 0.3 is 0 Å². The summed E-state index contributed by atoms with van der Waals surface area (Å²) in [5.74, 6) is 0.168. The standard InChI is InChI=1S/C11H11ClN2O4/c1-13-9(15)4-14-11(16)6-2-7(12)10-8(3-6)17-5-18-10/h2-3H,4-5H2,1H3,(H,13,15)(H,14,16). The van der Waals surface area contributed by atoms with E-state index in [0.717, 1.165) is 0 Å². The molecule has 2 rings (SSSR count). The number of carbonyl (C=O) groups is 2. The SMILES string of the molecule is CNC(=O)CNC(=O)c1cc(Cl)c2c(c1)OCO2. The Kier molecular flexibility index (Phi) is 3.57. The van der Waals surface area contributed by atoms with Crippen LogP contribution >= 0.6 is 11.6 Å². The minimum Gasteiger partial charge on any atom is -0.454 e. The number of ether oxygens (including phenoxy) is 2. The fraction of sp³-hybridized carbons (Fsp3) is 0.273. The molecule has 0 atom stereocenters. The van der Waals surface area contributed by atoms with Gasteiger partial charge in [0.25, 0.3) is 5.91 Å². The Morgan fingerprint density at radius 2 is 2.17 bits per heavy atom. The zero-order valence-electron chi connectivity index (χ0n) is 9.58. The summed E-state index contributed by atoms with van der Waals surface area (Å²) in [4.78, 5) is 22.8. The van der Waals surface area contributed by atoms with E-state index >= 15 is 0 Å². The van der Waals surface area contributed by atoms with Crippen LogP contribution in [-0.4, -0.2) is 32.2 Å². The predicted octanol–water partition coefficient (Wildman–Crippen LogP) is 0.544. The molecule has 1 aliphatic heterocycles. The van der Waals surface area contributed by atoms with E-state index in [2.05, 4.69) is 10.6 Å². The van der Waals surface area contributed by atoms with Gasteiger partial charge in [-0.3, -0.25) is 9.59 Å². The molecule has 96 valence electrons. The van der Waals surface area contributed by atoms with Crippen LogP contribution in [0.4, 0.5) is 0 Å². The van der Waals surface area contributed by atoms with Crippen LogP contribution in [0.5, 0.6) is 11.5 Å². The molecule has 6 nitrogen and oxygen atoms in total. The van der Waals surface area contributed by atoms with Gasteiger partial charge < -0.3 is 20.1 Å². The van der Waals surface area contributed by atoms with Gasteiger partial charge in [0.15, 0.2) is 11.5 Å². The molecule has 0 saturated carbocycles. The van der Waals surface area contributed by atoms with Crippen molar-refractivity contribution in [3.8, 4) is 11.5 Å². The van der Waals surface area contributed by atoms with Crippen LogP contribution in [-0.2, 0) is 4.79 Å². The third-order valence-electron chi connectivity index (χ3n) is 2.38. The lowest BCUT2D eigenvalue weighted by Crippen LogP contribution is -2.35. The van der Waals surface area contributed by atoms with Crippen molar-refractivity contribution in [3.63, 3.8) is 0 Å². The van der Waals surface area contributed by atoms with Crippen LogP contribution in [0.3, 0.4) is 0 Å². The Morgan fingerprint density at radius 3 is 2.89 bits per heavy atom. The Hall–Kier alpha value is -1.95. The summed E-state index contributed by atoms with van der Waals surface area (Å²) in [6, 6.07) is 2.99. The van der Waals surface area contributed by atoms with E-state index in [1.165, 1.54) is 19.2 Å². The zero-order chi connectivity index (χ0) is 13.1. The largest absolute Gasteiger partial charge is 0.454 e. The summed E-state index contributed by atoms with van der Waals surface area (Å²) in [5, 5.41) is 5.16. The van der Waals surface area contributed by atoms with Crippen molar-refractivity contribution in [3.05, 3.63) is 22.7 Å². The van der Waals surface area contributed by atoms with Crippen molar-refractivity contribution < 1.29 is 19.1 Å². The third-order valence-corrected chi connectivity index (χ3v) is 2.66. The molecule has 0 saturated heterocycles. The van der Waals surface area contributed by atoms with Crippen LogP contribution in [0.25, 0.3) is 0 Å². The molecule has 0 fully saturated rings. The number of hydrogen-bond acceptors (Lipinski definition) is 4. The molecule has 18 heavy (non-hydrogen) atoms. The molecule has 0 radical (unpaired) electrons. The molecule has 1 aromatic carbocycles. The Labute approximate surface area is 108 Å². The molecule has 1 aliphatic rings. The first-order valence-corrected chi connectivity index (χ1v) is 5.57. The summed E-state index contributed by atoms with van der Waals surface area (Å²) in [6.45, 7) is -0.0141. The lowest BCUT2D eigenvalue weighted by molar-refractivity contribution is -0.119. The fourth-order valence-corrected chi connectivity index (χ4v) is 1.71. The number of likely N-dealkylation sites (N-methyl/N-ethyl adjacent to an activating group) is 1. The highest BCUT2D eigenvalue weighted by atomic mass is 35.5. The number of hydrogen-bond donors (Lipinski definition) is 2. The maximum Gasteiger partial charge on any atom is 0.251 e. The number of halogens is 1. The summed E-state index contributed by atoms with van der Waals surface area (Å²) in [5.41, 5.74) is 0.313. The number of amides is 2. The second-order valence-corrected chi connectivity index (χ2v) is 3.95. The predicted molar refractivity (Wildman–Crippen MR) is 64.0 cm³/mol. The first-order valence-electron chi connectivity index (χ1n) is 5.19. The Balaban J connectivity index is 2.12. The summed E-state index contributed by atoms with van der Waals surface area (Å²) in [7, 11) is 1.49. The van der Waals surface area contributed by atoms with E-state index in [1.54, 1.807) is 0 Å². The molecule has 0 aliphatic carbocycles. The molecule has 0 unspecified atom stereocenters. The van der Waals surface area contributed by atoms with Crippen molar-refractivity contribution >= 4 is 23.4 Å². The number of rotatable bonds is 3. The highest BCUT2D eigenvalue weighted by Gasteiger charge is 2.20. The van der Waals surface area contributed by atoms with Crippen molar-refractivity contribution in [2.45, 2.75) is 0 Å². The molecule has 7 heteroatoms. The van der Waals surface area contributed by atoms with E-state index in [4.69, 9.17) is 21.1 Å². The Morgan fingerprint density at radius 1 is 1.39 bits per heavy atom. The van der Waals surface area contributed by atoms with Gasteiger partial charge in [-0.25, -0.2) is 0 Å². The van der Waals surface area contributed by atoms with E-state index in [0.29, 0.717) is 22.1 Å². The molecule has 0 bridgehead atoms. The minimum absolute atomic E-state index is 0.0817. The van der Waals surface area contributed by atoms with Crippen LogP contribution in [0.1, 0.15) is 10.4 Å². The van der Waals surface area contributed by atoms with E-state index in [-0.39, 0.29) is 19.2 Å². The van der Waals surface area contributed by atoms with Gasteiger partial charge in [0.05, 0.1) is 11.6 Å². The van der Waals surface area contributed by atoms with Crippen LogP contribution in [0.15, 0.2) is 12.1 Å². The van der Waals surface area contributed by atoms with E-state index < -0.39 is 5.91 Å². The first kappa shape index (κ1) is 12.5. The number of nitrogens with one attached hydrogen (secondary N) is 2. The first-order chi connectivity index (χ1) is 8.61. The maximum absolute atomic E-state index is 11.8. The second-order valence-electron chi connectivity index (χ2n) is 3.55. The molecule has 1 heterocycles. The number of benzene rings is 1. The van der Waals surface area contributed by atoms with Crippen LogP contribution in [0, 0.1) is 0 Å². The number of fused-ring (bicyclic) bond motifs is 1. The normalized spacial score (nSPS) is 12.1. The number of carbonyl (C=O) groups excluding carboxylic acids is 2. The van der Waals surface area contributed by atoms with Gasteiger partial charge in [0, 0.05) is 12.6 Å². The van der Waals surface area contributed by atoms with Gasteiger partial charge in [-0.05, 0) is 12.1 Å². The van der Waals surface area contributed by atoms with Crippen molar-refractivity contribution in [1.29, 1.82) is 0 Å². The highest BCUT2D eigenvalue weighted by Crippen LogP contribution is 2.39. The van der Waals surface area contributed by atoms with E-state index in [1.807, 2.05) is 0 Å². The average molecular weight is 271 g/mol. The molecule has 2 N–H and O–H groups in total. The lowest BCUT2D eigenvalue weighted by Gasteiger charge is -2.06. The topological polar surface area (TPSA) is 76.7 Å².